The molecule has 0 aliphatic heterocycles. The van der Waals surface area contributed by atoms with Crippen molar-refractivity contribution in [1.29, 1.82) is 0 Å². The molecule has 0 bridgehead atoms. The van der Waals surface area contributed by atoms with Gasteiger partial charge < -0.3 is 0 Å². The number of pyridine rings is 1. The smallest absolute Gasteiger partial charge is 0.271 e. The first-order valence-corrected chi connectivity index (χ1v) is 9.71. The summed E-state index contributed by atoms with van der Waals surface area (Å²) in [5.41, 5.74) is -1.55. The van der Waals surface area contributed by atoms with Crippen LogP contribution in [-0.4, -0.2) is 15.6 Å². The third-order valence-electron chi connectivity index (χ3n) is 4.32. The Labute approximate surface area is 197 Å². The number of nitro groups is 1. The van der Waals surface area contributed by atoms with Crippen molar-refractivity contribution in [2.75, 3.05) is 5.43 Å². The number of nitro benzene ring substituents is 1. The fourth-order valence-electron chi connectivity index (χ4n) is 2.70. The maximum absolute atomic E-state index is 13.0. The average Bonchev–Trinajstić information content (AvgIpc) is 2.74. The molecule has 0 aliphatic carbocycles. The van der Waals surface area contributed by atoms with E-state index in [0.717, 1.165) is 6.07 Å². The number of hydrazone groups is 1. The lowest BCUT2D eigenvalue weighted by molar-refractivity contribution is -0.384. The molecule has 178 valence electrons. The molecule has 0 saturated carbocycles. The molecule has 0 radical (unpaired) electrons. The van der Waals surface area contributed by atoms with Crippen LogP contribution in [0.2, 0.25) is 10.0 Å². The lowest BCUT2D eigenvalue weighted by Gasteiger charge is -2.13. The van der Waals surface area contributed by atoms with Crippen LogP contribution in [0, 0.1) is 10.1 Å². The van der Waals surface area contributed by atoms with E-state index >= 15 is 0 Å². The van der Waals surface area contributed by atoms with Gasteiger partial charge in [0.1, 0.15) is 17.1 Å². The number of anilines is 1. The number of hydrogen-bond acceptors (Lipinski definition) is 5. The molecule has 0 atom stereocenters. The predicted molar refractivity (Wildman–Crippen MR) is 113 cm³/mol. The molecule has 6 nitrogen and oxygen atoms in total. The molecule has 0 aliphatic rings. The lowest BCUT2D eigenvalue weighted by Crippen LogP contribution is -2.13. The third-order valence-corrected chi connectivity index (χ3v) is 4.86. The first-order chi connectivity index (χ1) is 15.8. The number of aromatic nitrogens is 1. The molecule has 0 unspecified atom stereocenters. The molecule has 0 fully saturated rings. The molecule has 14 heteroatoms. The zero-order valence-electron chi connectivity index (χ0n) is 16.4. The maximum Gasteiger partial charge on any atom is 0.417 e. The van der Waals surface area contributed by atoms with Crippen molar-refractivity contribution < 1.29 is 31.3 Å². The minimum Gasteiger partial charge on any atom is -0.271 e. The van der Waals surface area contributed by atoms with Crippen LogP contribution in [0.25, 0.3) is 0 Å². The van der Waals surface area contributed by atoms with Crippen molar-refractivity contribution in [2.45, 2.75) is 12.4 Å². The molecule has 0 saturated heterocycles. The summed E-state index contributed by atoms with van der Waals surface area (Å²) in [4.78, 5) is 14.0. The van der Waals surface area contributed by atoms with E-state index in [0.29, 0.717) is 29.4 Å². The molecule has 1 heterocycles. The molecule has 3 aromatic rings. The monoisotopic (exact) mass is 522 g/mol. The zero-order chi connectivity index (χ0) is 25.3. The highest BCUT2D eigenvalue weighted by Crippen LogP contribution is 2.35. The van der Waals surface area contributed by atoms with Crippen LogP contribution >= 0.6 is 23.2 Å². The van der Waals surface area contributed by atoms with E-state index in [9.17, 15) is 36.5 Å². The fourth-order valence-corrected chi connectivity index (χ4v) is 3.08. The molecule has 34 heavy (non-hydrogen) atoms. The van der Waals surface area contributed by atoms with Crippen molar-refractivity contribution in [3.8, 4) is 0 Å². The van der Waals surface area contributed by atoms with Crippen LogP contribution in [-0.2, 0) is 12.4 Å². The topological polar surface area (TPSA) is 80.4 Å². The van der Waals surface area contributed by atoms with Crippen molar-refractivity contribution in [2.24, 2.45) is 5.10 Å². The van der Waals surface area contributed by atoms with Gasteiger partial charge in [0, 0.05) is 22.8 Å². The first kappa shape index (κ1) is 25.2. The molecule has 0 amide bonds. The van der Waals surface area contributed by atoms with E-state index in [1.807, 2.05) is 0 Å². The van der Waals surface area contributed by atoms with Crippen LogP contribution in [0.3, 0.4) is 0 Å². The van der Waals surface area contributed by atoms with E-state index < -0.39 is 44.8 Å². The van der Waals surface area contributed by atoms with Crippen LogP contribution in [0.15, 0.2) is 59.8 Å². The summed E-state index contributed by atoms with van der Waals surface area (Å²) in [7, 11) is 0. The summed E-state index contributed by atoms with van der Waals surface area (Å²) < 4.78 is 77.7. The van der Waals surface area contributed by atoms with E-state index in [1.165, 1.54) is 24.3 Å². The summed E-state index contributed by atoms with van der Waals surface area (Å²) >= 11 is 11.9. The minimum atomic E-state index is -4.82. The van der Waals surface area contributed by atoms with E-state index in [1.54, 1.807) is 0 Å². The second-order valence-corrected chi connectivity index (χ2v) is 7.46. The Morgan fingerprint density at radius 1 is 0.941 bits per heavy atom. The second-order valence-electron chi connectivity index (χ2n) is 6.62. The highest BCUT2D eigenvalue weighted by molar-refractivity contribution is 6.35. The van der Waals surface area contributed by atoms with E-state index in [2.05, 4.69) is 15.5 Å². The first-order valence-electron chi connectivity index (χ1n) is 8.96. The molecule has 3 rings (SSSR count). The van der Waals surface area contributed by atoms with Gasteiger partial charge in [0.15, 0.2) is 0 Å². The number of halogens is 8. The second kappa shape index (κ2) is 9.47. The highest BCUT2D eigenvalue weighted by atomic mass is 35.5. The molecule has 1 N–H and O–H groups in total. The number of alkyl halides is 6. The minimum absolute atomic E-state index is 0.149. The third kappa shape index (κ3) is 5.75. The van der Waals surface area contributed by atoms with Crippen molar-refractivity contribution in [3.63, 3.8) is 0 Å². The van der Waals surface area contributed by atoms with Gasteiger partial charge in [-0.15, -0.1) is 0 Å². The Balaban J connectivity index is 2.11. The van der Waals surface area contributed by atoms with Crippen molar-refractivity contribution >= 4 is 40.3 Å². The van der Waals surface area contributed by atoms with Gasteiger partial charge in [-0.2, -0.15) is 31.4 Å². The van der Waals surface area contributed by atoms with Crippen LogP contribution in [0.1, 0.15) is 22.4 Å². The summed E-state index contributed by atoms with van der Waals surface area (Å²) in [5.74, 6) is 0. The fraction of sp³-hybridized carbons (Fsp3) is 0.100. The number of nitrogens with one attached hydrogen (secondary N) is 1. The standard InChI is InChI=1S/C20H10Cl2F6N4O2/c21-13-4-1-10(2-5-13)17(18-14(22)7-12(9-29-18)20(26,27)28)31-30-15-6-3-11(19(23,24)25)8-16(15)32(33)34/h1-9,30H. The molecule has 1 aromatic heterocycles. The van der Waals surface area contributed by atoms with E-state index in [4.69, 9.17) is 23.2 Å². The Morgan fingerprint density at radius 3 is 2.09 bits per heavy atom. The number of rotatable bonds is 5. The van der Waals surface area contributed by atoms with Crippen LogP contribution in [0.4, 0.5) is 37.7 Å². The van der Waals surface area contributed by atoms with Crippen molar-refractivity contribution in [1.82, 2.24) is 4.98 Å². The number of benzene rings is 2. The van der Waals surface area contributed by atoms with Gasteiger partial charge >= 0.3 is 12.4 Å². The summed E-state index contributed by atoms with van der Waals surface area (Å²) in [5, 5.41) is 15.1. The SMILES string of the molecule is O=[N+]([O-])c1cc(C(F)(F)F)ccc1NN=C(c1ccc(Cl)cc1)c1ncc(C(F)(F)F)cc1Cl. The Bertz CT molecular complexity index is 1260. The van der Waals surface area contributed by atoms with Gasteiger partial charge in [0.05, 0.1) is 21.1 Å². The largest absolute Gasteiger partial charge is 0.417 e. The molecule has 0 spiro atoms. The molecule has 2 aromatic carbocycles. The normalized spacial score (nSPS) is 12.5. The number of hydrogen-bond donors (Lipinski definition) is 1. The lowest BCUT2D eigenvalue weighted by atomic mass is 10.1. The van der Waals surface area contributed by atoms with Gasteiger partial charge in [-0.3, -0.25) is 20.5 Å². The van der Waals surface area contributed by atoms with Gasteiger partial charge in [-0.05, 0) is 30.3 Å². The van der Waals surface area contributed by atoms with Gasteiger partial charge in [0.25, 0.3) is 5.69 Å². The van der Waals surface area contributed by atoms with E-state index in [-0.39, 0.29) is 17.0 Å². The zero-order valence-corrected chi connectivity index (χ0v) is 17.9. The quantitative estimate of drug-likeness (QED) is 0.166. The summed E-state index contributed by atoms with van der Waals surface area (Å²) in [6.07, 6.45) is -9.02. The van der Waals surface area contributed by atoms with Gasteiger partial charge in [-0.25, -0.2) is 0 Å². The summed E-state index contributed by atoms with van der Waals surface area (Å²) in [6.45, 7) is 0. The maximum atomic E-state index is 13.0. The van der Waals surface area contributed by atoms with Crippen molar-refractivity contribution in [3.05, 3.63) is 97.3 Å². The highest BCUT2D eigenvalue weighted by Gasteiger charge is 2.34. The summed E-state index contributed by atoms with van der Waals surface area (Å²) in [6, 6.07) is 8.08. The Hall–Kier alpha value is -3.38. The average molecular weight is 523 g/mol. The van der Waals surface area contributed by atoms with Crippen LogP contribution in [0.5, 0.6) is 0 Å². The van der Waals surface area contributed by atoms with Gasteiger partial charge in [0.2, 0.25) is 0 Å². The van der Waals surface area contributed by atoms with Gasteiger partial charge in [-0.1, -0.05) is 35.3 Å². The molecular weight excluding hydrogens is 513 g/mol. The predicted octanol–water partition coefficient (Wildman–Crippen LogP) is 7.20. The molecular formula is C20H10Cl2F6N4O2. The number of nitrogens with zero attached hydrogens (tertiary/aromatic N) is 3. The Kier molecular flexibility index (Phi) is 7.03. The Morgan fingerprint density at radius 2 is 1.56 bits per heavy atom. The van der Waals surface area contributed by atoms with Crippen LogP contribution < -0.4 is 5.43 Å².